The van der Waals surface area contributed by atoms with Gasteiger partial charge in [-0.25, -0.2) is 4.79 Å². The number of thioether (sulfide) groups is 1. The van der Waals surface area contributed by atoms with Crippen molar-refractivity contribution in [2.24, 2.45) is 7.05 Å². The molecule has 166 valence electrons. The van der Waals surface area contributed by atoms with Crippen LogP contribution in [-0.2, 0) is 18.3 Å². The molecule has 0 spiro atoms. The second-order valence-electron chi connectivity index (χ2n) is 7.21. The number of imidazole rings is 1. The highest BCUT2D eigenvalue weighted by Gasteiger charge is 2.23. The summed E-state index contributed by atoms with van der Waals surface area (Å²) in [7, 11) is 1.60. The molecule has 1 aliphatic rings. The van der Waals surface area contributed by atoms with Crippen molar-refractivity contribution in [3.05, 3.63) is 51.2 Å². The Bertz CT molecular complexity index is 1350. The fraction of sp³-hybridized carbons (Fsp3) is 0.368. The molecule has 1 saturated heterocycles. The number of fused-ring (bicyclic) bond motifs is 1. The third kappa shape index (κ3) is 3.69. The minimum atomic E-state index is -0.489. The van der Waals surface area contributed by atoms with Gasteiger partial charge >= 0.3 is 5.69 Å². The number of nitrogens with zero attached hydrogens (tertiary/aromatic N) is 8. The molecular formula is C19H21N9O3S. The van der Waals surface area contributed by atoms with Gasteiger partial charge in [-0.05, 0) is 22.6 Å². The minimum absolute atomic E-state index is 0.361. The van der Waals surface area contributed by atoms with Crippen LogP contribution >= 0.6 is 11.8 Å². The molecule has 0 saturated carbocycles. The van der Waals surface area contributed by atoms with Crippen LogP contribution in [0, 0.1) is 0 Å². The number of nitrogens with one attached hydrogen (secondary N) is 1. The van der Waals surface area contributed by atoms with E-state index in [1.807, 2.05) is 34.9 Å². The van der Waals surface area contributed by atoms with E-state index >= 15 is 0 Å². The molecule has 5 rings (SSSR count). The summed E-state index contributed by atoms with van der Waals surface area (Å²) in [6.45, 7) is 2.97. The molecule has 4 heterocycles. The van der Waals surface area contributed by atoms with E-state index in [2.05, 4.69) is 30.4 Å². The highest BCUT2D eigenvalue weighted by molar-refractivity contribution is 7.99. The summed E-state index contributed by atoms with van der Waals surface area (Å²) in [5.74, 6) is 1.25. The number of hydrogen-bond acceptors (Lipinski definition) is 9. The maximum Gasteiger partial charge on any atom is 0.329 e. The van der Waals surface area contributed by atoms with Gasteiger partial charge in [-0.15, -0.1) is 5.10 Å². The third-order valence-electron chi connectivity index (χ3n) is 5.27. The third-order valence-corrected chi connectivity index (χ3v) is 6.17. The average molecular weight is 456 g/mol. The van der Waals surface area contributed by atoms with Crippen molar-refractivity contribution >= 4 is 28.9 Å². The first-order valence-corrected chi connectivity index (χ1v) is 11.1. The van der Waals surface area contributed by atoms with E-state index in [0.29, 0.717) is 60.9 Å². The van der Waals surface area contributed by atoms with Gasteiger partial charge in [0.15, 0.2) is 11.2 Å². The Labute approximate surface area is 185 Å². The van der Waals surface area contributed by atoms with Crippen LogP contribution in [0.1, 0.15) is 0 Å². The van der Waals surface area contributed by atoms with Crippen LogP contribution in [0.4, 0.5) is 5.95 Å². The van der Waals surface area contributed by atoms with Crippen LogP contribution in [0.25, 0.3) is 16.9 Å². The van der Waals surface area contributed by atoms with Gasteiger partial charge in [-0.2, -0.15) is 9.67 Å². The Morgan fingerprint density at radius 1 is 1.16 bits per heavy atom. The second-order valence-corrected chi connectivity index (χ2v) is 8.27. The lowest BCUT2D eigenvalue weighted by atomic mass is 10.3. The molecule has 1 aliphatic heterocycles. The maximum atomic E-state index is 12.7. The number of H-pyrrole nitrogens is 1. The van der Waals surface area contributed by atoms with E-state index in [9.17, 15) is 9.59 Å². The van der Waals surface area contributed by atoms with Crippen LogP contribution in [0.3, 0.4) is 0 Å². The zero-order chi connectivity index (χ0) is 22.1. The van der Waals surface area contributed by atoms with Crippen molar-refractivity contribution in [3.63, 3.8) is 0 Å². The molecular weight excluding hydrogens is 434 g/mol. The smallest absolute Gasteiger partial charge is 0.329 e. The number of ether oxygens (including phenoxy) is 1. The molecule has 3 aromatic heterocycles. The number of anilines is 1. The van der Waals surface area contributed by atoms with E-state index in [4.69, 9.17) is 4.74 Å². The fourth-order valence-corrected chi connectivity index (χ4v) is 4.48. The Balaban J connectivity index is 1.46. The molecule has 1 aromatic carbocycles. The summed E-state index contributed by atoms with van der Waals surface area (Å²) < 4.78 is 10.4. The van der Waals surface area contributed by atoms with Gasteiger partial charge in [0.1, 0.15) is 0 Å². The number of morpholine rings is 1. The number of aryl methyl sites for hydroxylation is 2. The minimum Gasteiger partial charge on any atom is -0.378 e. The lowest BCUT2D eigenvalue weighted by molar-refractivity contribution is 0.121. The highest BCUT2D eigenvalue weighted by atomic mass is 32.2. The number of para-hydroxylation sites is 1. The molecule has 0 amide bonds. The monoisotopic (exact) mass is 455 g/mol. The SMILES string of the molecule is Cn1c(=O)[nH]c(=O)c2c1nc(N1CCOCC1)n2CCSc1nnnn1-c1ccccc1. The molecule has 13 heteroatoms. The zero-order valence-corrected chi connectivity index (χ0v) is 18.2. The summed E-state index contributed by atoms with van der Waals surface area (Å²) in [6.07, 6.45) is 0. The topological polar surface area (TPSA) is 129 Å². The molecule has 0 unspecified atom stereocenters. The Morgan fingerprint density at radius 3 is 2.72 bits per heavy atom. The van der Waals surface area contributed by atoms with E-state index < -0.39 is 11.2 Å². The predicted molar refractivity (Wildman–Crippen MR) is 119 cm³/mol. The first-order valence-electron chi connectivity index (χ1n) is 10.1. The first kappa shape index (κ1) is 20.5. The van der Waals surface area contributed by atoms with Gasteiger partial charge in [-0.3, -0.25) is 14.3 Å². The van der Waals surface area contributed by atoms with Gasteiger partial charge in [0.25, 0.3) is 5.56 Å². The number of rotatable bonds is 6. The molecule has 0 atom stereocenters. The van der Waals surface area contributed by atoms with Crippen molar-refractivity contribution in [1.29, 1.82) is 0 Å². The lowest BCUT2D eigenvalue weighted by Crippen LogP contribution is -2.38. The zero-order valence-electron chi connectivity index (χ0n) is 17.3. The van der Waals surface area contributed by atoms with Gasteiger partial charge in [0.05, 0.1) is 18.9 Å². The van der Waals surface area contributed by atoms with E-state index in [1.165, 1.54) is 16.3 Å². The molecule has 12 nitrogen and oxygen atoms in total. The van der Waals surface area contributed by atoms with E-state index in [0.717, 1.165) is 5.69 Å². The Morgan fingerprint density at radius 2 is 1.94 bits per heavy atom. The molecule has 32 heavy (non-hydrogen) atoms. The van der Waals surface area contributed by atoms with Crippen molar-refractivity contribution in [1.82, 2.24) is 39.3 Å². The quantitative estimate of drug-likeness (QED) is 0.400. The largest absolute Gasteiger partial charge is 0.378 e. The van der Waals surface area contributed by atoms with Crippen LogP contribution in [0.15, 0.2) is 45.1 Å². The number of tetrazole rings is 1. The first-order chi connectivity index (χ1) is 15.6. The second kappa shape index (κ2) is 8.59. The maximum absolute atomic E-state index is 12.7. The van der Waals surface area contributed by atoms with E-state index in [-0.39, 0.29) is 0 Å². The van der Waals surface area contributed by atoms with Gasteiger partial charge in [-0.1, -0.05) is 30.0 Å². The summed E-state index contributed by atoms with van der Waals surface area (Å²) in [5.41, 5.74) is 0.663. The molecule has 0 radical (unpaired) electrons. The standard InChI is InChI=1S/C19H21N9O3S/c1-25-15-14(16(29)21-18(25)30)27(17(20-15)26-7-10-31-11-8-26)9-12-32-19-22-23-24-28(19)13-5-3-2-4-6-13/h2-6H,7-12H2,1H3,(H,21,29,30). The normalized spacial score (nSPS) is 14.3. The molecule has 1 N–H and O–H groups in total. The van der Waals surface area contributed by atoms with Crippen molar-refractivity contribution < 1.29 is 4.74 Å². The van der Waals surface area contributed by atoms with Crippen LogP contribution in [0.5, 0.6) is 0 Å². The lowest BCUT2D eigenvalue weighted by Gasteiger charge is -2.28. The van der Waals surface area contributed by atoms with Gasteiger partial charge < -0.3 is 14.2 Å². The number of aromatic nitrogens is 8. The highest BCUT2D eigenvalue weighted by Crippen LogP contribution is 2.23. The molecule has 4 aromatic rings. The summed E-state index contributed by atoms with van der Waals surface area (Å²) in [5, 5.41) is 12.7. The summed E-state index contributed by atoms with van der Waals surface area (Å²) in [6, 6.07) is 9.64. The predicted octanol–water partition coefficient (Wildman–Crippen LogP) is 0.0279. The average Bonchev–Trinajstić information content (AvgIpc) is 3.44. The fourth-order valence-electron chi connectivity index (χ4n) is 3.67. The van der Waals surface area contributed by atoms with Crippen molar-refractivity contribution in [2.75, 3.05) is 37.0 Å². The summed E-state index contributed by atoms with van der Waals surface area (Å²) >= 11 is 1.48. The van der Waals surface area contributed by atoms with Gasteiger partial charge in [0, 0.05) is 32.4 Å². The van der Waals surface area contributed by atoms with Crippen molar-refractivity contribution in [2.45, 2.75) is 11.7 Å². The van der Waals surface area contributed by atoms with Gasteiger partial charge in [0.2, 0.25) is 11.1 Å². The molecule has 0 aliphatic carbocycles. The number of aromatic amines is 1. The molecule has 0 bridgehead atoms. The van der Waals surface area contributed by atoms with E-state index in [1.54, 1.807) is 11.7 Å². The Hall–Kier alpha value is -3.45. The van der Waals surface area contributed by atoms with Crippen molar-refractivity contribution in [3.8, 4) is 5.69 Å². The van der Waals surface area contributed by atoms with Crippen LogP contribution in [-0.4, -0.2) is 71.4 Å². The molecule has 1 fully saturated rings. The summed E-state index contributed by atoms with van der Waals surface area (Å²) in [4.78, 5) is 33.9. The Kier molecular flexibility index (Phi) is 5.49. The number of benzene rings is 1. The van der Waals surface area contributed by atoms with Crippen LogP contribution < -0.4 is 16.1 Å². The van der Waals surface area contributed by atoms with Crippen LogP contribution in [0.2, 0.25) is 0 Å². The number of hydrogen-bond donors (Lipinski definition) is 1.